The van der Waals surface area contributed by atoms with Gasteiger partial charge in [0.05, 0.1) is 5.02 Å². The van der Waals surface area contributed by atoms with Crippen LogP contribution >= 0.6 is 11.6 Å². The van der Waals surface area contributed by atoms with E-state index in [9.17, 15) is 8.78 Å². The van der Waals surface area contributed by atoms with E-state index >= 15 is 0 Å². The summed E-state index contributed by atoms with van der Waals surface area (Å²) >= 11 is 5.87. The lowest BCUT2D eigenvalue weighted by atomic mass is 10.2. The summed E-state index contributed by atoms with van der Waals surface area (Å²) in [6.07, 6.45) is -3.16. The minimum atomic E-state index is -2.00. The second-order valence-electron chi connectivity index (χ2n) is 3.03. The van der Waals surface area contributed by atoms with E-state index < -0.39 is 12.5 Å². The first-order valence-electron chi connectivity index (χ1n) is 4.34. The lowest BCUT2D eigenvalue weighted by molar-refractivity contribution is 0.160. The van der Waals surface area contributed by atoms with Gasteiger partial charge in [-0.15, -0.1) is 0 Å². The number of nitrogens with zero attached hydrogens (tertiary/aromatic N) is 3. The van der Waals surface area contributed by atoms with Gasteiger partial charge >= 0.3 is 6.09 Å². The third-order valence-corrected chi connectivity index (χ3v) is 2.33. The highest BCUT2D eigenvalue weighted by Crippen LogP contribution is 2.20. The normalized spacial score (nSPS) is 20.5. The zero-order valence-corrected chi connectivity index (χ0v) is 8.70. The molecule has 1 unspecified atom stereocenters. The van der Waals surface area contributed by atoms with E-state index in [4.69, 9.17) is 17.4 Å². The Bertz CT molecular complexity index is 474. The summed E-state index contributed by atoms with van der Waals surface area (Å²) in [5.41, 5.74) is 0.347. The maximum Gasteiger partial charge on any atom is 0.310 e. The summed E-state index contributed by atoms with van der Waals surface area (Å²) < 4.78 is 26.0. The smallest absolute Gasteiger partial charge is 0.242 e. The third-order valence-electron chi connectivity index (χ3n) is 2.00. The van der Waals surface area contributed by atoms with Gasteiger partial charge in [-0.2, -0.15) is 18.8 Å². The lowest BCUT2D eigenvalue weighted by Crippen LogP contribution is -2.45. The number of hydrazine groups is 1. The molecule has 0 saturated carbocycles. The predicted octanol–water partition coefficient (Wildman–Crippen LogP) is 1.85. The van der Waals surface area contributed by atoms with Gasteiger partial charge in [-0.05, 0) is 12.1 Å². The summed E-state index contributed by atoms with van der Waals surface area (Å²) in [6.45, 7) is 0. The molecule has 7 heteroatoms. The quantitative estimate of drug-likeness (QED) is 0.606. The number of alkyl halides is 1. The standard InChI is InChI=1S/C9H7ClF2N4/c10-6-4-2-1-3-5(6)7-14-8(11)15-9(12)16(7)13/h1-4,9H,13H2. The second-order valence-corrected chi connectivity index (χ2v) is 3.44. The predicted molar refractivity (Wildman–Crippen MR) is 57.5 cm³/mol. The SMILES string of the molecule is NN1C(c2ccccc2Cl)=NC(F)=NC1F. The molecule has 1 aliphatic rings. The van der Waals surface area contributed by atoms with E-state index in [1.807, 2.05) is 0 Å². The van der Waals surface area contributed by atoms with Crippen LogP contribution in [0.25, 0.3) is 0 Å². The fourth-order valence-electron chi connectivity index (χ4n) is 1.27. The maximum atomic E-state index is 13.1. The Morgan fingerprint density at radius 1 is 1.38 bits per heavy atom. The number of amidine groups is 2. The zero-order valence-electron chi connectivity index (χ0n) is 7.94. The summed E-state index contributed by atoms with van der Waals surface area (Å²) in [7, 11) is 0. The summed E-state index contributed by atoms with van der Waals surface area (Å²) in [6, 6.07) is 6.48. The Labute approximate surface area is 95.0 Å². The van der Waals surface area contributed by atoms with Crippen molar-refractivity contribution in [2.45, 2.75) is 6.42 Å². The van der Waals surface area contributed by atoms with Gasteiger partial charge in [-0.25, -0.2) is 10.9 Å². The van der Waals surface area contributed by atoms with Crippen molar-refractivity contribution < 1.29 is 8.78 Å². The number of halogens is 3. The van der Waals surface area contributed by atoms with Crippen LogP contribution in [0.3, 0.4) is 0 Å². The number of aliphatic imine (C=N–C) groups is 2. The Morgan fingerprint density at radius 3 is 2.75 bits per heavy atom. The van der Waals surface area contributed by atoms with Crippen molar-refractivity contribution in [2.24, 2.45) is 15.8 Å². The van der Waals surface area contributed by atoms with E-state index in [0.29, 0.717) is 15.6 Å². The molecular formula is C9H7ClF2N4. The van der Waals surface area contributed by atoms with Crippen LogP contribution < -0.4 is 5.84 Å². The number of nitrogens with two attached hydrogens (primary N) is 1. The fourth-order valence-corrected chi connectivity index (χ4v) is 1.49. The molecule has 0 saturated heterocycles. The van der Waals surface area contributed by atoms with Gasteiger partial charge < -0.3 is 0 Å². The molecule has 0 spiro atoms. The highest BCUT2D eigenvalue weighted by Gasteiger charge is 2.25. The molecule has 2 rings (SSSR count). The molecule has 1 aromatic rings. The average Bonchev–Trinajstić information content (AvgIpc) is 2.24. The van der Waals surface area contributed by atoms with Crippen molar-refractivity contribution in [3.63, 3.8) is 0 Å². The van der Waals surface area contributed by atoms with Crippen molar-refractivity contribution in [1.82, 2.24) is 5.01 Å². The molecule has 1 aliphatic heterocycles. The van der Waals surface area contributed by atoms with E-state index in [2.05, 4.69) is 9.98 Å². The van der Waals surface area contributed by atoms with Crippen LogP contribution in [0.5, 0.6) is 0 Å². The Hall–Kier alpha value is -1.53. The molecule has 0 aliphatic carbocycles. The highest BCUT2D eigenvalue weighted by molar-refractivity contribution is 6.34. The molecular weight excluding hydrogens is 238 g/mol. The Kier molecular flexibility index (Phi) is 2.84. The number of benzene rings is 1. The molecule has 1 atom stereocenters. The van der Waals surface area contributed by atoms with E-state index in [0.717, 1.165) is 0 Å². The van der Waals surface area contributed by atoms with Crippen LogP contribution in [0, 0.1) is 0 Å². The molecule has 1 heterocycles. The van der Waals surface area contributed by atoms with E-state index in [-0.39, 0.29) is 5.84 Å². The van der Waals surface area contributed by atoms with Crippen LogP contribution in [-0.2, 0) is 0 Å². The molecule has 0 aromatic heterocycles. The van der Waals surface area contributed by atoms with Crippen LogP contribution in [-0.4, -0.2) is 23.4 Å². The Balaban J connectivity index is 2.48. The van der Waals surface area contributed by atoms with Gasteiger partial charge in [0.15, 0.2) is 5.84 Å². The van der Waals surface area contributed by atoms with Gasteiger partial charge in [0.1, 0.15) is 0 Å². The molecule has 16 heavy (non-hydrogen) atoms. The number of hydrogen-bond donors (Lipinski definition) is 1. The van der Waals surface area contributed by atoms with Gasteiger partial charge in [-0.3, -0.25) is 0 Å². The van der Waals surface area contributed by atoms with Crippen LogP contribution in [0.1, 0.15) is 5.56 Å². The number of rotatable bonds is 1. The third kappa shape index (κ3) is 1.89. The van der Waals surface area contributed by atoms with Crippen molar-refractivity contribution in [1.29, 1.82) is 0 Å². The molecule has 0 amide bonds. The summed E-state index contributed by atoms with van der Waals surface area (Å²) in [4.78, 5) is 6.34. The van der Waals surface area contributed by atoms with Crippen molar-refractivity contribution in [3.05, 3.63) is 34.9 Å². The van der Waals surface area contributed by atoms with Crippen molar-refractivity contribution in [3.8, 4) is 0 Å². The lowest BCUT2D eigenvalue weighted by Gasteiger charge is -2.24. The molecule has 1 aromatic carbocycles. The summed E-state index contributed by atoms with van der Waals surface area (Å²) in [5, 5.41) is 0.920. The first kappa shape index (κ1) is 11.0. The van der Waals surface area contributed by atoms with Gasteiger partial charge in [-0.1, -0.05) is 23.7 Å². The molecule has 84 valence electrons. The monoisotopic (exact) mass is 244 g/mol. The van der Waals surface area contributed by atoms with Gasteiger partial charge in [0, 0.05) is 5.56 Å². The van der Waals surface area contributed by atoms with E-state index in [1.54, 1.807) is 24.3 Å². The molecule has 2 N–H and O–H groups in total. The molecule has 0 radical (unpaired) electrons. The van der Waals surface area contributed by atoms with Crippen LogP contribution in [0.2, 0.25) is 5.02 Å². The zero-order chi connectivity index (χ0) is 11.7. The minimum absolute atomic E-state index is 0.0920. The van der Waals surface area contributed by atoms with Crippen LogP contribution in [0.4, 0.5) is 8.78 Å². The highest BCUT2D eigenvalue weighted by atomic mass is 35.5. The van der Waals surface area contributed by atoms with Crippen molar-refractivity contribution in [2.75, 3.05) is 0 Å². The van der Waals surface area contributed by atoms with Gasteiger partial charge in [0.2, 0.25) is 0 Å². The number of hydrogen-bond acceptors (Lipinski definition) is 4. The molecule has 4 nitrogen and oxygen atoms in total. The fraction of sp³-hybridized carbons (Fsp3) is 0.111. The first-order valence-corrected chi connectivity index (χ1v) is 4.72. The largest absolute Gasteiger partial charge is 0.310 e. The first-order chi connectivity index (χ1) is 7.59. The molecule has 0 fully saturated rings. The van der Waals surface area contributed by atoms with Crippen LogP contribution in [0.15, 0.2) is 34.3 Å². The summed E-state index contributed by atoms with van der Waals surface area (Å²) in [5.74, 6) is 5.29. The average molecular weight is 245 g/mol. The van der Waals surface area contributed by atoms with E-state index in [1.165, 1.54) is 0 Å². The minimum Gasteiger partial charge on any atom is -0.242 e. The Morgan fingerprint density at radius 2 is 2.06 bits per heavy atom. The van der Waals surface area contributed by atoms with Crippen molar-refractivity contribution >= 4 is 23.5 Å². The van der Waals surface area contributed by atoms with Gasteiger partial charge in [0.25, 0.3) is 6.42 Å². The topological polar surface area (TPSA) is 54.0 Å². The second kappa shape index (κ2) is 4.15. The molecule has 0 bridgehead atoms. The maximum absolute atomic E-state index is 13.1.